The molecule has 2 aliphatic rings. The Morgan fingerprint density at radius 1 is 1.12 bits per heavy atom. The largest absolute Gasteiger partial charge is 0.325 e. The van der Waals surface area contributed by atoms with E-state index in [2.05, 4.69) is 47.0 Å². The molecule has 0 bridgehead atoms. The van der Waals surface area contributed by atoms with Crippen LogP contribution in [0.3, 0.4) is 0 Å². The summed E-state index contributed by atoms with van der Waals surface area (Å²) in [6.07, 6.45) is 2.37. The number of carbonyl (C=O) groups is 1. The number of thioether (sulfide) groups is 1. The van der Waals surface area contributed by atoms with E-state index in [1.807, 2.05) is 6.92 Å². The van der Waals surface area contributed by atoms with E-state index in [0.29, 0.717) is 24.6 Å². The molecule has 1 amide bonds. The van der Waals surface area contributed by atoms with Gasteiger partial charge in [0.2, 0.25) is 15.9 Å². The summed E-state index contributed by atoms with van der Waals surface area (Å²) >= 11 is 1.59. The fourth-order valence-electron chi connectivity index (χ4n) is 4.47. The lowest BCUT2D eigenvalue weighted by Gasteiger charge is -2.32. The first-order valence-corrected chi connectivity index (χ1v) is 13.9. The first-order valence-electron chi connectivity index (χ1n) is 11.6. The average molecular weight is 488 g/mol. The molecule has 33 heavy (non-hydrogen) atoms. The molecule has 0 saturated carbocycles. The van der Waals surface area contributed by atoms with Crippen LogP contribution in [0.15, 0.2) is 46.2 Å². The van der Waals surface area contributed by atoms with Crippen LogP contribution < -0.4 is 10.0 Å². The van der Waals surface area contributed by atoms with Crippen molar-refractivity contribution in [1.29, 1.82) is 0 Å². The van der Waals surface area contributed by atoms with Gasteiger partial charge in [-0.15, -0.1) is 11.8 Å². The molecule has 178 valence electrons. The standard InChI is InChI=1S/C25H33N3O3S2/c1-17-4-5-18(2)21(12-17)16-28-10-8-20(9-11-28)15-26-33(30,31)22-6-7-24-23(14-22)27-25(29)13-19(3)32-24/h4-7,12,14,19-20,26H,8-11,13,15-16H2,1-3H3,(H,27,29). The van der Waals surface area contributed by atoms with Crippen LogP contribution in [0.5, 0.6) is 0 Å². The van der Waals surface area contributed by atoms with Gasteiger partial charge in [-0.3, -0.25) is 9.69 Å². The van der Waals surface area contributed by atoms with Crippen LogP contribution in [0.25, 0.3) is 0 Å². The molecule has 1 atom stereocenters. The van der Waals surface area contributed by atoms with Crippen molar-refractivity contribution in [1.82, 2.24) is 9.62 Å². The van der Waals surface area contributed by atoms with Crippen molar-refractivity contribution in [2.24, 2.45) is 5.92 Å². The van der Waals surface area contributed by atoms with Crippen LogP contribution in [0.2, 0.25) is 0 Å². The van der Waals surface area contributed by atoms with E-state index in [1.165, 1.54) is 16.7 Å². The Balaban J connectivity index is 1.32. The van der Waals surface area contributed by atoms with E-state index in [-0.39, 0.29) is 16.1 Å². The molecule has 8 heteroatoms. The van der Waals surface area contributed by atoms with Crippen LogP contribution in [-0.2, 0) is 21.4 Å². The molecule has 2 N–H and O–H groups in total. The van der Waals surface area contributed by atoms with Gasteiger partial charge in [-0.25, -0.2) is 13.1 Å². The fraction of sp³-hybridized carbons (Fsp3) is 0.480. The Labute approximate surface area is 201 Å². The number of fused-ring (bicyclic) bond motifs is 1. The number of hydrogen-bond donors (Lipinski definition) is 2. The van der Waals surface area contributed by atoms with E-state index in [4.69, 9.17) is 0 Å². The number of aryl methyl sites for hydroxylation is 2. The number of carbonyl (C=O) groups excluding carboxylic acids is 1. The number of benzene rings is 2. The minimum atomic E-state index is -3.63. The van der Waals surface area contributed by atoms with Crippen molar-refractivity contribution in [3.05, 3.63) is 53.1 Å². The lowest BCUT2D eigenvalue weighted by atomic mass is 9.96. The molecule has 1 fully saturated rings. The molecule has 6 nitrogen and oxygen atoms in total. The summed E-state index contributed by atoms with van der Waals surface area (Å²) in [5, 5.41) is 3.01. The maximum absolute atomic E-state index is 12.9. The quantitative estimate of drug-likeness (QED) is 0.635. The zero-order chi connectivity index (χ0) is 23.6. The van der Waals surface area contributed by atoms with Gasteiger partial charge in [0.05, 0.1) is 10.6 Å². The van der Waals surface area contributed by atoms with Crippen LogP contribution in [0, 0.1) is 19.8 Å². The number of sulfonamides is 1. The molecule has 2 aliphatic heterocycles. The molecule has 0 aromatic heterocycles. The van der Waals surface area contributed by atoms with Crippen LogP contribution in [0.4, 0.5) is 5.69 Å². The SMILES string of the molecule is Cc1ccc(C)c(CN2CCC(CNS(=O)(=O)c3ccc4c(c3)NC(=O)CC(C)S4)CC2)c1. The number of piperidine rings is 1. The van der Waals surface area contributed by atoms with Gasteiger partial charge >= 0.3 is 0 Å². The van der Waals surface area contributed by atoms with Gasteiger partial charge in [0.1, 0.15) is 0 Å². The second-order valence-corrected chi connectivity index (χ2v) is 12.6. The summed E-state index contributed by atoms with van der Waals surface area (Å²) in [4.78, 5) is 15.6. The number of rotatable bonds is 6. The number of nitrogens with zero attached hydrogens (tertiary/aromatic N) is 1. The van der Waals surface area contributed by atoms with Crippen molar-refractivity contribution < 1.29 is 13.2 Å². The van der Waals surface area contributed by atoms with Crippen molar-refractivity contribution >= 4 is 33.4 Å². The predicted molar refractivity (Wildman–Crippen MR) is 134 cm³/mol. The van der Waals surface area contributed by atoms with Gasteiger partial charge < -0.3 is 5.32 Å². The Morgan fingerprint density at radius 2 is 1.88 bits per heavy atom. The summed E-state index contributed by atoms with van der Waals surface area (Å²) in [6.45, 7) is 9.61. The summed E-state index contributed by atoms with van der Waals surface area (Å²) < 4.78 is 28.7. The van der Waals surface area contributed by atoms with Crippen molar-refractivity contribution in [2.45, 2.75) is 61.6 Å². The molecule has 1 saturated heterocycles. The maximum atomic E-state index is 12.9. The molecule has 1 unspecified atom stereocenters. The van der Waals surface area contributed by atoms with Crippen LogP contribution in [0.1, 0.15) is 42.9 Å². The second kappa shape index (κ2) is 10.2. The first-order chi connectivity index (χ1) is 15.7. The monoisotopic (exact) mass is 487 g/mol. The average Bonchev–Trinajstić information content (AvgIpc) is 2.91. The van der Waals surface area contributed by atoms with E-state index in [0.717, 1.165) is 37.4 Å². The smallest absolute Gasteiger partial charge is 0.240 e. The minimum Gasteiger partial charge on any atom is -0.325 e. The van der Waals surface area contributed by atoms with E-state index in [1.54, 1.807) is 30.0 Å². The van der Waals surface area contributed by atoms with Gasteiger partial charge in [0.25, 0.3) is 0 Å². The fourth-order valence-corrected chi connectivity index (χ4v) is 6.66. The maximum Gasteiger partial charge on any atom is 0.240 e. The lowest BCUT2D eigenvalue weighted by Crippen LogP contribution is -2.38. The Morgan fingerprint density at radius 3 is 2.64 bits per heavy atom. The molecule has 0 aliphatic carbocycles. The van der Waals surface area contributed by atoms with Crippen molar-refractivity contribution in [2.75, 3.05) is 25.0 Å². The molecule has 2 heterocycles. The third kappa shape index (κ3) is 6.18. The van der Waals surface area contributed by atoms with E-state index >= 15 is 0 Å². The molecular weight excluding hydrogens is 454 g/mol. The Hall–Kier alpha value is -1.87. The number of nitrogens with one attached hydrogen (secondary N) is 2. The Bertz CT molecular complexity index is 1130. The van der Waals surface area contributed by atoms with Crippen molar-refractivity contribution in [3.63, 3.8) is 0 Å². The third-order valence-corrected chi connectivity index (χ3v) is 9.10. The normalized spacial score (nSPS) is 20.2. The van der Waals surface area contributed by atoms with Gasteiger partial charge in [-0.05, 0) is 75.0 Å². The predicted octanol–water partition coefficient (Wildman–Crippen LogP) is 4.32. The molecular formula is C25H33N3O3S2. The van der Waals surface area contributed by atoms with E-state index < -0.39 is 10.0 Å². The third-order valence-electron chi connectivity index (χ3n) is 6.50. The van der Waals surface area contributed by atoms with Gasteiger partial charge in [0, 0.05) is 29.7 Å². The first kappa shape index (κ1) is 24.3. The highest BCUT2D eigenvalue weighted by Gasteiger charge is 2.24. The molecule has 4 rings (SSSR count). The number of anilines is 1. The summed E-state index contributed by atoms with van der Waals surface area (Å²) in [5.74, 6) is 0.246. The lowest BCUT2D eigenvalue weighted by molar-refractivity contribution is -0.116. The van der Waals surface area contributed by atoms with Gasteiger partial charge in [0.15, 0.2) is 0 Å². The number of likely N-dealkylation sites (tertiary alicyclic amines) is 1. The van der Waals surface area contributed by atoms with Crippen molar-refractivity contribution in [3.8, 4) is 0 Å². The highest BCUT2D eigenvalue weighted by Crippen LogP contribution is 2.36. The molecule has 2 aromatic rings. The van der Waals surface area contributed by atoms with Crippen LogP contribution in [-0.4, -0.2) is 44.1 Å². The van der Waals surface area contributed by atoms with Gasteiger partial charge in [-0.2, -0.15) is 0 Å². The second-order valence-electron chi connectivity index (χ2n) is 9.34. The highest BCUT2D eigenvalue weighted by atomic mass is 32.2. The molecule has 2 aromatic carbocycles. The van der Waals surface area contributed by atoms with Crippen LogP contribution >= 0.6 is 11.8 Å². The minimum absolute atomic E-state index is 0.0797. The number of amides is 1. The van der Waals surface area contributed by atoms with E-state index in [9.17, 15) is 13.2 Å². The molecule has 0 radical (unpaired) electrons. The van der Waals surface area contributed by atoms with Gasteiger partial charge in [-0.1, -0.05) is 30.7 Å². The molecule has 0 spiro atoms. The zero-order valence-electron chi connectivity index (χ0n) is 19.6. The summed E-state index contributed by atoms with van der Waals surface area (Å²) in [7, 11) is -3.63. The summed E-state index contributed by atoms with van der Waals surface area (Å²) in [6, 6.07) is 11.6. The zero-order valence-corrected chi connectivity index (χ0v) is 21.2. The topological polar surface area (TPSA) is 78.5 Å². The summed E-state index contributed by atoms with van der Waals surface area (Å²) in [5.41, 5.74) is 4.56. The number of hydrogen-bond acceptors (Lipinski definition) is 5. The Kier molecular flexibility index (Phi) is 7.48. The highest BCUT2D eigenvalue weighted by molar-refractivity contribution is 8.00.